The van der Waals surface area contributed by atoms with Gasteiger partial charge in [0.05, 0.1) is 11.1 Å². The van der Waals surface area contributed by atoms with Gasteiger partial charge in [0.2, 0.25) is 5.95 Å². The zero-order valence-corrected chi connectivity index (χ0v) is 18.3. The third-order valence-electron chi connectivity index (χ3n) is 6.21. The van der Waals surface area contributed by atoms with Crippen LogP contribution in [0.2, 0.25) is 0 Å². The standard InChI is InChI=1S/C23H21F6N5O/c24-22(25,26)16-7-5-15(6-8-16)21(9-2-1-3-10-21)14-32-19(35)17-13-34(20-30-11-4-12-31-20)33-18(17)23(27,28)29/h4-8,11-13H,1-3,9-10,14H2,(H,32,35). The molecule has 0 radical (unpaired) electrons. The molecule has 1 aliphatic carbocycles. The lowest BCUT2D eigenvalue weighted by Crippen LogP contribution is -2.42. The highest BCUT2D eigenvalue weighted by Gasteiger charge is 2.41. The van der Waals surface area contributed by atoms with Gasteiger partial charge >= 0.3 is 12.4 Å². The van der Waals surface area contributed by atoms with Crippen molar-refractivity contribution in [2.24, 2.45) is 0 Å². The minimum Gasteiger partial charge on any atom is -0.351 e. The summed E-state index contributed by atoms with van der Waals surface area (Å²) in [4.78, 5) is 20.6. The fourth-order valence-corrected chi connectivity index (χ4v) is 4.41. The van der Waals surface area contributed by atoms with Crippen LogP contribution in [0.1, 0.15) is 59.3 Å². The molecule has 1 aliphatic rings. The number of rotatable bonds is 5. The Morgan fingerprint density at radius 2 is 1.57 bits per heavy atom. The van der Waals surface area contributed by atoms with Gasteiger partial charge in [0.25, 0.3) is 5.91 Å². The van der Waals surface area contributed by atoms with Gasteiger partial charge in [-0.2, -0.15) is 31.4 Å². The normalized spacial score (nSPS) is 16.2. The summed E-state index contributed by atoms with van der Waals surface area (Å²) < 4.78 is 80.6. The number of alkyl halides is 6. The summed E-state index contributed by atoms with van der Waals surface area (Å²) in [6, 6.07) is 6.22. The maximum absolute atomic E-state index is 13.6. The predicted molar refractivity (Wildman–Crippen MR) is 113 cm³/mol. The molecule has 1 amide bonds. The molecule has 0 unspecified atom stereocenters. The summed E-state index contributed by atoms with van der Waals surface area (Å²) in [5, 5.41) is 6.05. The van der Waals surface area contributed by atoms with Crippen LogP contribution in [0, 0.1) is 0 Å². The van der Waals surface area contributed by atoms with Crippen LogP contribution in [0.5, 0.6) is 0 Å². The topological polar surface area (TPSA) is 72.7 Å². The second-order valence-corrected chi connectivity index (χ2v) is 8.48. The lowest BCUT2D eigenvalue weighted by molar-refractivity contribution is -0.141. The van der Waals surface area contributed by atoms with Crippen molar-refractivity contribution in [2.45, 2.75) is 49.9 Å². The van der Waals surface area contributed by atoms with Gasteiger partial charge in [0.1, 0.15) is 0 Å². The highest BCUT2D eigenvalue weighted by molar-refractivity contribution is 5.95. The molecule has 1 saturated carbocycles. The van der Waals surface area contributed by atoms with Gasteiger partial charge in [0.15, 0.2) is 5.69 Å². The molecule has 0 bridgehead atoms. The van der Waals surface area contributed by atoms with Gasteiger partial charge in [-0.25, -0.2) is 14.6 Å². The van der Waals surface area contributed by atoms with Crippen LogP contribution in [0.25, 0.3) is 5.95 Å². The molecule has 2 aromatic heterocycles. The zero-order valence-electron chi connectivity index (χ0n) is 18.3. The fourth-order valence-electron chi connectivity index (χ4n) is 4.41. The largest absolute Gasteiger partial charge is 0.435 e. The summed E-state index contributed by atoms with van der Waals surface area (Å²) in [6.45, 7) is -0.0263. The molecule has 3 aromatic rings. The van der Waals surface area contributed by atoms with Crippen molar-refractivity contribution >= 4 is 5.91 Å². The Morgan fingerprint density at radius 3 is 2.14 bits per heavy atom. The molecule has 35 heavy (non-hydrogen) atoms. The molecular formula is C23H21F6N5O. The van der Waals surface area contributed by atoms with Gasteiger partial charge in [0, 0.05) is 30.6 Å². The van der Waals surface area contributed by atoms with Crippen molar-refractivity contribution in [3.63, 3.8) is 0 Å². The van der Waals surface area contributed by atoms with E-state index in [9.17, 15) is 31.1 Å². The smallest absolute Gasteiger partial charge is 0.351 e. The molecule has 0 atom stereocenters. The number of carbonyl (C=O) groups is 1. The number of hydrogen-bond acceptors (Lipinski definition) is 4. The van der Waals surface area contributed by atoms with Crippen LogP contribution in [0.3, 0.4) is 0 Å². The molecule has 12 heteroatoms. The van der Waals surface area contributed by atoms with E-state index in [4.69, 9.17) is 0 Å². The maximum Gasteiger partial charge on any atom is 0.435 e. The number of nitrogens with zero attached hydrogens (tertiary/aromatic N) is 4. The van der Waals surface area contributed by atoms with E-state index in [1.807, 2.05) is 0 Å². The van der Waals surface area contributed by atoms with Crippen LogP contribution in [0.4, 0.5) is 26.3 Å². The SMILES string of the molecule is O=C(NCC1(c2ccc(C(F)(F)F)cc2)CCCCC1)c1cn(-c2ncccn2)nc1C(F)(F)F. The summed E-state index contributed by atoms with van der Waals surface area (Å²) in [5.74, 6) is -1.12. The average molecular weight is 497 g/mol. The van der Waals surface area contributed by atoms with Gasteiger partial charge in [-0.15, -0.1) is 0 Å². The van der Waals surface area contributed by atoms with Crippen molar-refractivity contribution in [3.8, 4) is 5.95 Å². The molecule has 0 aliphatic heterocycles. The Labute approximate surface area is 196 Å². The number of hydrogen-bond donors (Lipinski definition) is 1. The summed E-state index contributed by atoms with van der Waals surface area (Å²) in [7, 11) is 0. The molecule has 1 fully saturated rings. The van der Waals surface area contributed by atoms with Crippen LogP contribution >= 0.6 is 0 Å². The third kappa shape index (κ3) is 5.30. The first-order valence-corrected chi connectivity index (χ1v) is 10.9. The Bertz CT molecular complexity index is 1170. The van der Waals surface area contributed by atoms with Gasteiger partial charge in [-0.1, -0.05) is 31.4 Å². The number of carbonyl (C=O) groups excluding carboxylic acids is 1. The van der Waals surface area contributed by atoms with E-state index in [0.29, 0.717) is 18.4 Å². The quantitative estimate of drug-likeness (QED) is 0.484. The zero-order chi connectivity index (χ0) is 25.3. The highest BCUT2D eigenvalue weighted by Crippen LogP contribution is 2.40. The Hall–Kier alpha value is -3.44. The Kier molecular flexibility index (Phi) is 6.56. The molecule has 4 rings (SSSR count). The first-order chi connectivity index (χ1) is 16.5. The molecule has 2 heterocycles. The second kappa shape index (κ2) is 9.31. The van der Waals surface area contributed by atoms with Crippen molar-refractivity contribution in [3.05, 3.63) is 71.3 Å². The molecule has 1 N–H and O–H groups in total. The summed E-state index contributed by atoms with van der Waals surface area (Å²) in [5.41, 5.74) is -2.94. The highest BCUT2D eigenvalue weighted by atomic mass is 19.4. The lowest BCUT2D eigenvalue weighted by atomic mass is 9.69. The third-order valence-corrected chi connectivity index (χ3v) is 6.21. The van der Waals surface area contributed by atoms with Crippen LogP contribution in [-0.2, 0) is 17.8 Å². The molecule has 0 saturated heterocycles. The molecule has 0 spiro atoms. The first kappa shape index (κ1) is 24.7. The predicted octanol–water partition coefficient (Wildman–Crippen LogP) is 5.33. The first-order valence-electron chi connectivity index (χ1n) is 10.9. The van der Waals surface area contributed by atoms with Crippen molar-refractivity contribution in [1.29, 1.82) is 0 Å². The van der Waals surface area contributed by atoms with E-state index in [2.05, 4.69) is 20.4 Å². The maximum atomic E-state index is 13.6. The van der Waals surface area contributed by atoms with E-state index in [1.165, 1.54) is 30.6 Å². The minimum absolute atomic E-state index is 0.0263. The summed E-state index contributed by atoms with van der Waals surface area (Å²) in [6.07, 6.45) is -2.14. The minimum atomic E-state index is -4.90. The van der Waals surface area contributed by atoms with Crippen LogP contribution < -0.4 is 5.32 Å². The second-order valence-electron chi connectivity index (χ2n) is 8.48. The number of benzene rings is 1. The Balaban J connectivity index is 1.60. The van der Waals surface area contributed by atoms with Crippen molar-refractivity contribution in [1.82, 2.24) is 25.1 Å². The van der Waals surface area contributed by atoms with E-state index < -0.39 is 40.5 Å². The van der Waals surface area contributed by atoms with Gasteiger partial charge in [-0.05, 0) is 36.6 Å². The number of aromatic nitrogens is 4. The fraction of sp³-hybridized carbons (Fsp3) is 0.391. The van der Waals surface area contributed by atoms with Crippen LogP contribution in [0.15, 0.2) is 48.9 Å². The molecular weight excluding hydrogens is 476 g/mol. The molecule has 1 aromatic carbocycles. The van der Waals surface area contributed by atoms with Crippen molar-refractivity contribution < 1.29 is 31.1 Å². The van der Waals surface area contributed by atoms with Gasteiger partial charge < -0.3 is 5.32 Å². The van der Waals surface area contributed by atoms with E-state index >= 15 is 0 Å². The number of amides is 1. The molecule has 6 nitrogen and oxygen atoms in total. The van der Waals surface area contributed by atoms with E-state index in [0.717, 1.165) is 42.3 Å². The number of nitrogens with one attached hydrogen (secondary N) is 1. The van der Waals surface area contributed by atoms with E-state index in [-0.39, 0.29) is 12.5 Å². The lowest BCUT2D eigenvalue weighted by Gasteiger charge is -2.38. The Morgan fingerprint density at radius 1 is 0.943 bits per heavy atom. The summed E-state index contributed by atoms with van der Waals surface area (Å²) >= 11 is 0. The molecule has 186 valence electrons. The van der Waals surface area contributed by atoms with Crippen LogP contribution in [-0.4, -0.2) is 32.2 Å². The van der Waals surface area contributed by atoms with E-state index in [1.54, 1.807) is 0 Å². The van der Waals surface area contributed by atoms with Gasteiger partial charge in [-0.3, -0.25) is 4.79 Å². The van der Waals surface area contributed by atoms with Crippen molar-refractivity contribution in [2.75, 3.05) is 6.54 Å². The monoisotopic (exact) mass is 497 g/mol. The number of halogens is 6. The average Bonchev–Trinajstić information content (AvgIpc) is 3.30.